The van der Waals surface area contributed by atoms with Crippen molar-refractivity contribution in [3.63, 3.8) is 0 Å². The summed E-state index contributed by atoms with van der Waals surface area (Å²) < 4.78 is 30.7. The molecule has 0 fully saturated rings. The number of hydrogen-bond acceptors (Lipinski definition) is 7. The highest BCUT2D eigenvalue weighted by Gasteiger charge is 2.22. The predicted molar refractivity (Wildman–Crippen MR) is 106 cm³/mol. The van der Waals surface area contributed by atoms with E-state index in [4.69, 9.17) is 4.74 Å². The summed E-state index contributed by atoms with van der Waals surface area (Å²) in [5.41, 5.74) is 3.23. The Kier molecular flexibility index (Phi) is 7.02. The highest BCUT2D eigenvalue weighted by atomic mass is 32.2. The maximum atomic E-state index is 12.5. The molecule has 1 N–H and O–H groups in total. The molecule has 0 radical (unpaired) electrons. The van der Waals surface area contributed by atoms with E-state index in [9.17, 15) is 23.3 Å². The van der Waals surface area contributed by atoms with Gasteiger partial charge in [0.25, 0.3) is 5.91 Å². The smallest absolute Gasteiger partial charge is 0.311 e. The van der Waals surface area contributed by atoms with Gasteiger partial charge in [0.15, 0.2) is 5.75 Å². The van der Waals surface area contributed by atoms with Gasteiger partial charge in [-0.05, 0) is 31.2 Å². The lowest BCUT2D eigenvalue weighted by Gasteiger charge is -2.16. The number of benzene rings is 2. The second-order valence-corrected chi connectivity index (χ2v) is 8.10. The fourth-order valence-corrected chi connectivity index (χ4v) is 3.45. The molecule has 0 unspecified atom stereocenters. The number of sulfonamides is 1. The van der Waals surface area contributed by atoms with Crippen molar-refractivity contribution in [2.24, 2.45) is 5.10 Å². The third-order valence-electron chi connectivity index (χ3n) is 3.90. The highest BCUT2D eigenvalue weighted by Crippen LogP contribution is 2.26. The van der Waals surface area contributed by atoms with Gasteiger partial charge < -0.3 is 4.74 Å². The molecule has 2 rings (SSSR count). The van der Waals surface area contributed by atoms with Gasteiger partial charge in [0, 0.05) is 18.7 Å². The normalized spacial score (nSPS) is 11.6. The van der Waals surface area contributed by atoms with Gasteiger partial charge in [-0.15, -0.1) is 0 Å². The number of aryl methyl sites for hydroxylation is 1. The minimum atomic E-state index is -3.82. The van der Waals surface area contributed by atoms with Crippen molar-refractivity contribution >= 4 is 27.8 Å². The second kappa shape index (κ2) is 9.26. The number of hydrazone groups is 1. The van der Waals surface area contributed by atoms with Crippen LogP contribution in [0.4, 0.5) is 5.69 Å². The molecule has 2 aromatic carbocycles. The Balaban J connectivity index is 2.01. The molecular formula is C18H20N4O6S. The lowest BCUT2D eigenvalue weighted by Crippen LogP contribution is -2.36. The number of hydrogen-bond donors (Lipinski definition) is 1. The van der Waals surface area contributed by atoms with E-state index in [2.05, 4.69) is 10.5 Å². The van der Waals surface area contributed by atoms with Gasteiger partial charge in [0.2, 0.25) is 10.0 Å². The lowest BCUT2D eigenvalue weighted by atomic mass is 10.2. The van der Waals surface area contributed by atoms with Crippen molar-refractivity contribution in [3.05, 3.63) is 63.7 Å². The molecule has 154 valence electrons. The molecule has 0 aromatic heterocycles. The first-order chi connectivity index (χ1) is 13.6. The number of carbonyl (C=O) groups is 1. The van der Waals surface area contributed by atoms with Gasteiger partial charge in [-0.1, -0.05) is 17.7 Å². The maximum absolute atomic E-state index is 12.5. The first-order valence-electron chi connectivity index (χ1n) is 8.32. The van der Waals surface area contributed by atoms with E-state index in [0.717, 1.165) is 9.87 Å². The monoisotopic (exact) mass is 420 g/mol. The zero-order chi connectivity index (χ0) is 21.6. The Labute approximate surface area is 168 Å². The number of nitrogens with zero attached hydrogens (tertiary/aromatic N) is 3. The van der Waals surface area contributed by atoms with Crippen molar-refractivity contribution in [2.45, 2.75) is 11.8 Å². The number of rotatable bonds is 8. The number of methoxy groups -OCH3 is 1. The van der Waals surface area contributed by atoms with Gasteiger partial charge in [0.1, 0.15) is 0 Å². The molecule has 0 atom stereocenters. The standard InChI is InChI=1S/C18H20N4O6S/c1-13-4-7-15(8-5-13)29(26,27)21(2)12-18(23)20-19-11-14-6-9-17(28-3)16(10-14)22(24)25/h4-11H,12H2,1-3H3,(H,20,23)/b19-11+. The highest BCUT2D eigenvalue weighted by molar-refractivity contribution is 7.89. The van der Waals surface area contributed by atoms with Crippen LogP contribution in [0.3, 0.4) is 0 Å². The van der Waals surface area contributed by atoms with E-state index in [1.807, 2.05) is 6.92 Å². The summed E-state index contributed by atoms with van der Waals surface area (Å²) in [5.74, 6) is -0.568. The Morgan fingerprint density at radius 1 is 1.28 bits per heavy atom. The van der Waals surface area contributed by atoms with Crippen LogP contribution in [0, 0.1) is 17.0 Å². The van der Waals surface area contributed by atoms with E-state index in [-0.39, 0.29) is 16.3 Å². The summed E-state index contributed by atoms with van der Waals surface area (Å²) >= 11 is 0. The number of nitro benzene ring substituents is 1. The third kappa shape index (κ3) is 5.59. The Hall–Kier alpha value is -3.31. The second-order valence-electron chi connectivity index (χ2n) is 6.06. The van der Waals surface area contributed by atoms with Crippen molar-refractivity contribution < 1.29 is 22.9 Å². The van der Waals surface area contributed by atoms with Crippen LogP contribution >= 0.6 is 0 Å². The molecule has 0 spiro atoms. The summed E-state index contributed by atoms with van der Waals surface area (Å²) in [6, 6.07) is 10.4. The third-order valence-corrected chi connectivity index (χ3v) is 5.72. The summed E-state index contributed by atoms with van der Waals surface area (Å²) in [7, 11) is -1.22. The molecular weight excluding hydrogens is 400 g/mol. The largest absolute Gasteiger partial charge is 0.490 e. The topological polar surface area (TPSA) is 131 Å². The van der Waals surface area contributed by atoms with E-state index in [1.54, 1.807) is 12.1 Å². The van der Waals surface area contributed by atoms with Crippen LogP contribution in [0.2, 0.25) is 0 Å². The van der Waals surface area contributed by atoms with Crippen LogP contribution in [0.25, 0.3) is 0 Å². The molecule has 2 aromatic rings. The van der Waals surface area contributed by atoms with E-state index in [0.29, 0.717) is 5.56 Å². The summed E-state index contributed by atoms with van der Waals surface area (Å²) in [5, 5.41) is 14.7. The fraction of sp³-hybridized carbons (Fsp3) is 0.222. The molecule has 0 aliphatic heterocycles. The maximum Gasteiger partial charge on any atom is 0.311 e. The van der Waals surface area contributed by atoms with E-state index >= 15 is 0 Å². The van der Waals surface area contributed by atoms with E-state index in [1.165, 1.54) is 50.7 Å². The molecule has 0 aliphatic carbocycles. The molecule has 29 heavy (non-hydrogen) atoms. The van der Waals surface area contributed by atoms with Crippen LogP contribution in [-0.2, 0) is 14.8 Å². The SMILES string of the molecule is COc1ccc(/C=N/NC(=O)CN(C)S(=O)(=O)c2ccc(C)cc2)cc1[N+](=O)[O-]. The number of carbonyl (C=O) groups excluding carboxylic acids is 1. The molecule has 1 amide bonds. The van der Waals surface area contributed by atoms with E-state index < -0.39 is 27.4 Å². The molecule has 10 nitrogen and oxygen atoms in total. The minimum Gasteiger partial charge on any atom is -0.490 e. The molecule has 0 saturated carbocycles. The average molecular weight is 420 g/mol. The molecule has 0 aliphatic rings. The van der Waals surface area contributed by atoms with Crippen LogP contribution in [0.5, 0.6) is 5.75 Å². The van der Waals surface area contributed by atoms with Crippen LogP contribution in [-0.4, -0.2) is 50.5 Å². The van der Waals surface area contributed by atoms with Crippen molar-refractivity contribution in [1.82, 2.24) is 9.73 Å². The molecule has 0 heterocycles. The minimum absolute atomic E-state index is 0.0763. The Morgan fingerprint density at radius 2 is 1.93 bits per heavy atom. The van der Waals surface area contributed by atoms with Crippen LogP contribution in [0.1, 0.15) is 11.1 Å². The Morgan fingerprint density at radius 3 is 2.52 bits per heavy atom. The number of ether oxygens (including phenoxy) is 1. The fourth-order valence-electron chi connectivity index (χ4n) is 2.32. The van der Waals surface area contributed by atoms with Gasteiger partial charge in [-0.2, -0.15) is 9.41 Å². The predicted octanol–water partition coefficient (Wildman–Crippen LogP) is 1.68. The quantitative estimate of drug-likeness (QED) is 0.393. The van der Waals surface area contributed by atoms with Gasteiger partial charge in [-0.25, -0.2) is 13.8 Å². The first kappa shape index (κ1) is 22.0. The molecule has 11 heteroatoms. The summed E-state index contributed by atoms with van der Waals surface area (Å²) in [4.78, 5) is 22.5. The zero-order valence-electron chi connectivity index (χ0n) is 16.0. The van der Waals surface area contributed by atoms with Crippen LogP contribution < -0.4 is 10.2 Å². The van der Waals surface area contributed by atoms with Gasteiger partial charge in [-0.3, -0.25) is 14.9 Å². The number of likely N-dealkylation sites (N-methyl/N-ethyl adjacent to an activating group) is 1. The number of nitro groups is 1. The Bertz CT molecular complexity index is 1030. The lowest BCUT2D eigenvalue weighted by molar-refractivity contribution is -0.385. The van der Waals surface area contributed by atoms with Crippen molar-refractivity contribution in [3.8, 4) is 5.75 Å². The number of nitrogens with one attached hydrogen (secondary N) is 1. The molecule has 0 bridgehead atoms. The van der Waals surface area contributed by atoms with Gasteiger partial charge in [0.05, 0.1) is 29.7 Å². The van der Waals surface area contributed by atoms with Crippen molar-refractivity contribution in [2.75, 3.05) is 20.7 Å². The van der Waals surface area contributed by atoms with Crippen LogP contribution in [0.15, 0.2) is 52.5 Å². The first-order valence-corrected chi connectivity index (χ1v) is 9.76. The molecule has 0 saturated heterocycles. The summed E-state index contributed by atoms with van der Waals surface area (Å²) in [6.07, 6.45) is 1.21. The average Bonchev–Trinajstić information content (AvgIpc) is 2.68. The zero-order valence-corrected chi connectivity index (χ0v) is 16.8. The van der Waals surface area contributed by atoms with Crippen molar-refractivity contribution in [1.29, 1.82) is 0 Å². The number of amides is 1. The van der Waals surface area contributed by atoms with Gasteiger partial charge >= 0.3 is 5.69 Å². The summed E-state index contributed by atoms with van der Waals surface area (Å²) in [6.45, 7) is 1.39.